The Kier molecular flexibility index (Phi) is 5.54. The highest BCUT2D eigenvalue weighted by Crippen LogP contribution is 2.37. The van der Waals surface area contributed by atoms with Crippen molar-refractivity contribution in [3.05, 3.63) is 42.5 Å². The predicted molar refractivity (Wildman–Crippen MR) is 84.4 cm³/mol. The van der Waals surface area contributed by atoms with Gasteiger partial charge in [-0.2, -0.15) is 10.4 Å². The maximum atomic E-state index is 9.98. The largest absolute Gasteiger partial charge is 0.494 e. The lowest BCUT2D eigenvalue weighted by Gasteiger charge is -2.28. The Labute approximate surface area is 131 Å². The quantitative estimate of drug-likeness (QED) is 0.750. The van der Waals surface area contributed by atoms with E-state index in [1.807, 2.05) is 31.2 Å². The van der Waals surface area contributed by atoms with Crippen molar-refractivity contribution in [1.29, 1.82) is 5.26 Å². The molecule has 0 fully saturated rings. The second-order valence-corrected chi connectivity index (χ2v) is 5.32. The van der Waals surface area contributed by atoms with Crippen LogP contribution < -0.4 is 4.74 Å². The van der Waals surface area contributed by atoms with E-state index in [1.54, 1.807) is 11.0 Å². The number of nitriles is 1. The smallest absolute Gasteiger partial charge is 0.137 e. The Morgan fingerprint density at radius 3 is 2.77 bits per heavy atom. The van der Waals surface area contributed by atoms with Gasteiger partial charge in [0.1, 0.15) is 23.8 Å². The van der Waals surface area contributed by atoms with Crippen LogP contribution in [0, 0.1) is 11.3 Å². The first-order valence-electron chi connectivity index (χ1n) is 7.71. The number of aromatic nitrogens is 3. The molecule has 0 radical (unpaired) electrons. The molecular formula is C17H22N4O. The minimum atomic E-state index is -0.657. The second-order valence-electron chi connectivity index (χ2n) is 5.32. The van der Waals surface area contributed by atoms with Gasteiger partial charge in [-0.1, -0.05) is 38.0 Å². The van der Waals surface area contributed by atoms with E-state index >= 15 is 0 Å². The molecule has 5 nitrogen and oxygen atoms in total. The van der Waals surface area contributed by atoms with Gasteiger partial charge in [0.2, 0.25) is 0 Å². The summed E-state index contributed by atoms with van der Waals surface area (Å²) in [5.74, 6) is 0.780. The van der Waals surface area contributed by atoms with Gasteiger partial charge in [0, 0.05) is 5.56 Å². The van der Waals surface area contributed by atoms with E-state index in [2.05, 4.69) is 23.1 Å². The minimum Gasteiger partial charge on any atom is -0.494 e. The van der Waals surface area contributed by atoms with Crippen molar-refractivity contribution in [2.24, 2.45) is 0 Å². The number of benzene rings is 1. The SMILES string of the molecule is CCCCC(C#N)(Cn1cncn1)c1ccccc1OCC. The van der Waals surface area contributed by atoms with Crippen molar-refractivity contribution in [1.82, 2.24) is 14.8 Å². The van der Waals surface area contributed by atoms with Crippen LogP contribution in [0.25, 0.3) is 0 Å². The van der Waals surface area contributed by atoms with Gasteiger partial charge in [0.25, 0.3) is 0 Å². The zero-order valence-corrected chi connectivity index (χ0v) is 13.2. The van der Waals surface area contributed by atoms with Crippen LogP contribution in [0.2, 0.25) is 0 Å². The van der Waals surface area contributed by atoms with Crippen LogP contribution in [0.5, 0.6) is 5.75 Å². The van der Waals surface area contributed by atoms with Crippen LogP contribution >= 0.6 is 0 Å². The summed E-state index contributed by atoms with van der Waals surface area (Å²) in [6.07, 6.45) is 5.93. The van der Waals surface area contributed by atoms with E-state index in [4.69, 9.17) is 4.74 Å². The molecule has 1 aromatic carbocycles. The number of para-hydroxylation sites is 1. The van der Waals surface area contributed by atoms with Crippen molar-refractivity contribution < 1.29 is 4.74 Å². The first-order chi connectivity index (χ1) is 10.8. The third kappa shape index (κ3) is 3.45. The van der Waals surface area contributed by atoms with E-state index in [1.165, 1.54) is 6.33 Å². The van der Waals surface area contributed by atoms with E-state index in [0.717, 1.165) is 30.6 Å². The summed E-state index contributed by atoms with van der Waals surface area (Å²) in [6.45, 7) is 5.14. The summed E-state index contributed by atoms with van der Waals surface area (Å²) >= 11 is 0. The molecule has 0 saturated carbocycles. The minimum absolute atomic E-state index is 0.480. The Morgan fingerprint density at radius 2 is 2.14 bits per heavy atom. The summed E-state index contributed by atoms with van der Waals surface area (Å²) in [6, 6.07) is 10.3. The summed E-state index contributed by atoms with van der Waals surface area (Å²) in [5.41, 5.74) is 0.276. The van der Waals surface area contributed by atoms with Crippen molar-refractivity contribution in [2.75, 3.05) is 6.61 Å². The molecule has 1 aromatic heterocycles. The van der Waals surface area contributed by atoms with E-state index in [-0.39, 0.29) is 0 Å². The average molecular weight is 298 g/mol. The molecule has 1 unspecified atom stereocenters. The van der Waals surface area contributed by atoms with Crippen LogP contribution in [0.3, 0.4) is 0 Å². The lowest BCUT2D eigenvalue weighted by Crippen LogP contribution is -2.31. The van der Waals surface area contributed by atoms with Gasteiger partial charge in [-0.25, -0.2) is 4.98 Å². The topological polar surface area (TPSA) is 63.7 Å². The molecule has 0 saturated heterocycles. The lowest BCUT2D eigenvalue weighted by molar-refractivity contribution is 0.317. The molecule has 0 aliphatic rings. The van der Waals surface area contributed by atoms with Crippen LogP contribution in [0.15, 0.2) is 36.9 Å². The first-order valence-corrected chi connectivity index (χ1v) is 7.71. The van der Waals surface area contributed by atoms with Crippen molar-refractivity contribution in [3.63, 3.8) is 0 Å². The fourth-order valence-electron chi connectivity index (χ4n) is 2.66. The van der Waals surface area contributed by atoms with Crippen molar-refractivity contribution in [2.45, 2.75) is 45.1 Å². The highest BCUT2D eigenvalue weighted by molar-refractivity contribution is 5.43. The molecule has 116 valence electrons. The van der Waals surface area contributed by atoms with Gasteiger partial charge < -0.3 is 4.74 Å². The van der Waals surface area contributed by atoms with Gasteiger partial charge >= 0.3 is 0 Å². The number of ether oxygens (including phenoxy) is 1. The molecule has 22 heavy (non-hydrogen) atoms. The molecule has 2 aromatic rings. The Bertz CT molecular complexity index is 618. The molecule has 0 N–H and O–H groups in total. The molecule has 0 amide bonds. The highest BCUT2D eigenvalue weighted by atomic mass is 16.5. The fraction of sp³-hybridized carbons (Fsp3) is 0.471. The maximum absolute atomic E-state index is 9.98. The molecule has 2 rings (SSSR count). The van der Waals surface area contributed by atoms with Crippen LogP contribution in [-0.4, -0.2) is 21.4 Å². The molecule has 1 heterocycles. The Morgan fingerprint density at radius 1 is 1.32 bits per heavy atom. The second kappa shape index (κ2) is 7.60. The molecule has 0 spiro atoms. The standard InChI is InChI=1S/C17H22N4O/c1-3-5-10-17(11-18,12-21-14-19-13-20-21)15-8-6-7-9-16(15)22-4-2/h6-9,13-14H,3-5,10,12H2,1-2H3. The monoisotopic (exact) mass is 298 g/mol. The normalized spacial score (nSPS) is 13.3. The Hall–Kier alpha value is -2.35. The van der Waals surface area contributed by atoms with Crippen LogP contribution in [-0.2, 0) is 12.0 Å². The summed E-state index contributed by atoms with van der Waals surface area (Å²) in [4.78, 5) is 3.98. The highest BCUT2D eigenvalue weighted by Gasteiger charge is 2.35. The van der Waals surface area contributed by atoms with Gasteiger partial charge in [0.15, 0.2) is 0 Å². The van der Waals surface area contributed by atoms with E-state index < -0.39 is 5.41 Å². The Balaban J connectivity index is 2.45. The molecule has 0 bridgehead atoms. The number of hydrogen-bond acceptors (Lipinski definition) is 4. The molecule has 0 aliphatic heterocycles. The van der Waals surface area contributed by atoms with E-state index in [9.17, 15) is 5.26 Å². The third-order valence-corrected chi connectivity index (χ3v) is 3.77. The number of hydrogen-bond donors (Lipinski definition) is 0. The zero-order chi connectivity index (χ0) is 15.8. The van der Waals surface area contributed by atoms with Crippen LogP contribution in [0.4, 0.5) is 0 Å². The molecule has 1 atom stereocenters. The van der Waals surface area contributed by atoms with Crippen molar-refractivity contribution >= 4 is 0 Å². The maximum Gasteiger partial charge on any atom is 0.137 e. The van der Waals surface area contributed by atoms with E-state index in [0.29, 0.717) is 13.2 Å². The summed E-state index contributed by atoms with van der Waals surface area (Å²) < 4.78 is 7.47. The first kappa shape index (κ1) is 16.0. The lowest BCUT2D eigenvalue weighted by atomic mass is 9.77. The fourth-order valence-corrected chi connectivity index (χ4v) is 2.66. The zero-order valence-electron chi connectivity index (χ0n) is 13.2. The molecular weight excluding hydrogens is 276 g/mol. The van der Waals surface area contributed by atoms with Gasteiger partial charge in [-0.05, 0) is 19.4 Å². The number of unbranched alkanes of at least 4 members (excludes halogenated alkanes) is 1. The summed E-state index contributed by atoms with van der Waals surface area (Å²) in [7, 11) is 0. The molecule has 5 heteroatoms. The predicted octanol–water partition coefficient (Wildman–Crippen LogP) is 3.33. The van der Waals surface area contributed by atoms with Crippen molar-refractivity contribution in [3.8, 4) is 11.8 Å². The third-order valence-electron chi connectivity index (χ3n) is 3.77. The van der Waals surface area contributed by atoms with Gasteiger partial charge in [-0.3, -0.25) is 4.68 Å². The van der Waals surface area contributed by atoms with Gasteiger partial charge in [-0.15, -0.1) is 0 Å². The molecule has 0 aliphatic carbocycles. The number of nitrogens with zero attached hydrogens (tertiary/aromatic N) is 4. The number of rotatable bonds is 8. The summed E-state index contributed by atoms with van der Waals surface area (Å²) in [5, 5.41) is 14.2. The average Bonchev–Trinajstić information content (AvgIpc) is 3.05. The van der Waals surface area contributed by atoms with Gasteiger partial charge in [0.05, 0.1) is 19.2 Å². The van der Waals surface area contributed by atoms with Crippen LogP contribution in [0.1, 0.15) is 38.7 Å².